The Kier molecular flexibility index (Phi) is 4.87. The fraction of sp³-hybridized carbons (Fsp3) is 0.350. The second kappa shape index (κ2) is 7.50. The van der Waals surface area contributed by atoms with Crippen molar-refractivity contribution in [3.63, 3.8) is 0 Å². The van der Waals surface area contributed by atoms with Crippen LogP contribution in [-0.4, -0.2) is 51.8 Å². The zero-order valence-corrected chi connectivity index (χ0v) is 16.4. The number of hydrogen-bond donors (Lipinski definition) is 1. The number of benzene rings is 1. The summed E-state index contributed by atoms with van der Waals surface area (Å²) in [5.41, 5.74) is 2.62. The van der Waals surface area contributed by atoms with Gasteiger partial charge in [0.2, 0.25) is 0 Å². The molecule has 4 rings (SSSR count). The Hall–Kier alpha value is -3.49. The number of nitro groups is 1. The van der Waals surface area contributed by atoms with Crippen molar-refractivity contribution in [3.05, 3.63) is 52.0 Å². The smallest absolute Gasteiger partial charge is 0.282 e. The minimum absolute atomic E-state index is 0.128. The summed E-state index contributed by atoms with van der Waals surface area (Å²) in [5, 5.41) is 12.5. The number of ketones is 1. The highest BCUT2D eigenvalue weighted by Gasteiger charge is 2.28. The average Bonchev–Trinajstić information content (AvgIpc) is 3.14. The van der Waals surface area contributed by atoms with Crippen molar-refractivity contribution in [2.75, 3.05) is 36.0 Å². The molecule has 9 nitrogen and oxygen atoms in total. The maximum absolute atomic E-state index is 12.5. The summed E-state index contributed by atoms with van der Waals surface area (Å²) in [6.45, 7) is 6.41. The molecule has 29 heavy (non-hydrogen) atoms. The zero-order chi connectivity index (χ0) is 20.5. The second-order valence-corrected chi connectivity index (χ2v) is 7.07. The van der Waals surface area contributed by atoms with E-state index in [1.54, 1.807) is 25.4 Å². The highest BCUT2D eigenvalue weighted by atomic mass is 16.6. The molecular formula is C20H22N6O3. The number of rotatable bonds is 5. The minimum Gasteiger partial charge on any atom is -0.367 e. The second-order valence-electron chi connectivity index (χ2n) is 7.07. The Morgan fingerprint density at radius 3 is 2.62 bits per heavy atom. The van der Waals surface area contributed by atoms with Crippen LogP contribution >= 0.6 is 0 Å². The lowest BCUT2D eigenvalue weighted by atomic mass is 10.0. The van der Waals surface area contributed by atoms with Crippen LogP contribution in [0.5, 0.6) is 0 Å². The molecule has 3 aromatic rings. The van der Waals surface area contributed by atoms with Crippen LogP contribution in [0.1, 0.15) is 29.3 Å². The number of aromatic nitrogens is 3. The molecule has 1 aliphatic heterocycles. The van der Waals surface area contributed by atoms with Crippen LogP contribution in [0, 0.1) is 17.0 Å². The molecule has 0 aliphatic carbocycles. The minimum atomic E-state index is -0.477. The molecular weight excluding hydrogens is 372 g/mol. The van der Waals surface area contributed by atoms with Gasteiger partial charge in [0.1, 0.15) is 23.4 Å². The van der Waals surface area contributed by atoms with Crippen molar-refractivity contribution in [3.8, 4) is 0 Å². The molecule has 1 aliphatic rings. The van der Waals surface area contributed by atoms with Gasteiger partial charge in [0.05, 0.1) is 16.0 Å². The Morgan fingerprint density at radius 1 is 1.21 bits per heavy atom. The van der Waals surface area contributed by atoms with Gasteiger partial charge >= 0.3 is 0 Å². The van der Waals surface area contributed by atoms with Gasteiger partial charge in [-0.1, -0.05) is 13.0 Å². The summed E-state index contributed by atoms with van der Waals surface area (Å²) in [6, 6.07) is 4.84. The van der Waals surface area contributed by atoms with Gasteiger partial charge in [0.15, 0.2) is 5.78 Å². The van der Waals surface area contributed by atoms with E-state index in [0.717, 1.165) is 22.4 Å². The number of H-pyrrole nitrogens is 1. The summed E-state index contributed by atoms with van der Waals surface area (Å²) in [6.07, 6.45) is 3.70. The fourth-order valence-electron chi connectivity index (χ4n) is 3.90. The average molecular weight is 394 g/mol. The quantitative estimate of drug-likeness (QED) is 0.402. The van der Waals surface area contributed by atoms with Crippen molar-refractivity contribution in [1.82, 2.24) is 15.0 Å². The van der Waals surface area contributed by atoms with Crippen molar-refractivity contribution in [1.29, 1.82) is 0 Å². The Balaban J connectivity index is 1.62. The van der Waals surface area contributed by atoms with E-state index in [2.05, 4.69) is 24.8 Å². The van der Waals surface area contributed by atoms with Gasteiger partial charge in [-0.05, 0) is 18.6 Å². The predicted molar refractivity (Wildman–Crippen MR) is 111 cm³/mol. The fourth-order valence-corrected chi connectivity index (χ4v) is 3.90. The van der Waals surface area contributed by atoms with Crippen molar-refractivity contribution >= 4 is 34.0 Å². The van der Waals surface area contributed by atoms with Crippen LogP contribution < -0.4 is 9.80 Å². The van der Waals surface area contributed by atoms with Crippen molar-refractivity contribution in [2.24, 2.45) is 0 Å². The zero-order valence-electron chi connectivity index (χ0n) is 16.4. The molecule has 1 aromatic carbocycles. The summed E-state index contributed by atoms with van der Waals surface area (Å²) >= 11 is 0. The molecule has 0 bridgehead atoms. The number of piperazine rings is 1. The normalized spacial score (nSPS) is 14.4. The maximum atomic E-state index is 12.5. The summed E-state index contributed by atoms with van der Waals surface area (Å²) in [4.78, 5) is 39.6. The Morgan fingerprint density at radius 2 is 1.93 bits per heavy atom. The summed E-state index contributed by atoms with van der Waals surface area (Å²) in [5.74, 6) is 0.674. The van der Waals surface area contributed by atoms with Gasteiger partial charge < -0.3 is 14.8 Å². The highest BCUT2D eigenvalue weighted by Crippen LogP contribution is 2.32. The van der Waals surface area contributed by atoms with Crippen LogP contribution in [0.25, 0.3) is 11.0 Å². The van der Waals surface area contributed by atoms with Gasteiger partial charge in [-0.25, -0.2) is 9.97 Å². The molecule has 1 fully saturated rings. The van der Waals surface area contributed by atoms with Gasteiger partial charge in [0, 0.05) is 44.9 Å². The van der Waals surface area contributed by atoms with Gasteiger partial charge in [-0.15, -0.1) is 0 Å². The summed E-state index contributed by atoms with van der Waals surface area (Å²) in [7, 11) is 0. The molecule has 0 unspecified atom stereocenters. The molecule has 0 saturated carbocycles. The van der Waals surface area contributed by atoms with Crippen LogP contribution in [0.4, 0.5) is 17.2 Å². The lowest BCUT2D eigenvalue weighted by Gasteiger charge is -2.37. The molecule has 3 heterocycles. The number of nitrogens with one attached hydrogen (secondary N) is 1. The first-order chi connectivity index (χ1) is 14.0. The molecule has 1 saturated heterocycles. The first kappa shape index (κ1) is 18.9. The van der Waals surface area contributed by atoms with E-state index in [9.17, 15) is 14.9 Å². The highest BCUT2D eigenvalue weighted by molar-refractivity contribution is 6.05. The number of carbonyl (C=O) groups excluding carboxylic acids is 1. The SMILES string of the molecule is CCC(=O)c1c(N2CCN(c3ncnc4[nH]cc(C)c34)CC2)cccc1[N+](=O)[O-]. The topological polar surface area (TPSA) is 108 Å². The molecule has 150 valence electrons. The molecule has 0 amide bonds. The van der Waals surface area contributed by atoms with Crippen LogP contribution in [0.2, 0.25) is 0 Å². The van der Waals surface area contributed by atoms with Crippen LogP contribution in [-0.2, 0) is 0 Å². The first-order valence-electron chi connectivity index (χ1n) is 9.60. The van der Waals surface area contributed by atoms with E-state index >= 15 is 0 Å². The third kappa shape index (κ3) is 3.28. The first-order valence-corrected chi connectivity index (χ1v) is 9.60. The number of hydrogen-bond acceptors (Lipinski definition) is 7. The molecule has 0 radical (unpaired) electrons. The Bertz CT molecular complexity index is 1090. The van der Waals surface area contributed by atoms with Gasteiger partial charge in [0.25, 0.3) is 5.69 Å². The third-order valence-electron chi connectivity index (χ3n) is 5.38. The summed E-state index contributed by atoms with van der Waals surface area (Å²) < 4.78 is 0. The number of anilines is 2. The number of nitro benzene ring substituents is 1. The van der Waals surface area contributed by atoms with Gasteiger partial charge in [-0.2, -0.15) is 0 Å². The number of aryl methyl sites for hydroxylation is 1. The van der Waals surface area contributed by atoms with Crippen LogP contribution in [0.15, 0.2) is 30.7 Å². The number of Topliss-reactive ketones (excluding diaryl/α,β-unsaturated/α-hetero) is 1. The lowest BCUT2D eigenvalue weighted by molar-refractivity contribution is -0.385. The number of carbonyl (C=O) groups is 1. The van der Waals surface area contributed by atoms with Gasteiger partial charge in [-0.3, -0.25) is 14.9 Å². The molecule has 0 spiro atoms. The monoisotopic (exact) mass is 394 g/mol. The predicted octanol–water partition coefficient (Wildman–Crippen LogP) is 3.09. The maximum Gasteiger partial charge on any atom is 0.282 e. The van der Waals surface area contributed by atoms with E-state index in [4.69, 9.17) is 0 Å². The van der Waals surface area contributed by atoms with Crippen LogP contribution in [0.3, 0.4) is 0 Å². The Labute approximate surface area is 167 Å². The van der Waals surface area contributed by atoms with E-state index in [-0.39, 0.29) is 23.5 Å². The number of nitrogens with zero attached hydrogens (tertiary/aromatic N) is 5. The van der Waals surface area contributed by atoms with Crippen molar-refractivity contribution < 1.29 is 9.72 Å². The largest absolute Gasteiger partial charge is 0.367 e. The number of fused-ring (bicyclic) bond motifs is 1. The molecule has 0 atom stereocenters. The standard InChI is InChI=1S/C20H22N6O3/c1-3-16(27)18-14(5-4-6-15(18)26(28)29)24-7-9-25(10-8-24)20-17-13(2)11-21-19(17)22-12-23-20/h4-6,11-12H,3,7-10H2,1-2H3,(H,21,22,23). The lowest BCUT2D eigenvalue weighted by Crippen LogP contribution is -2.47. The molecule has 9 heteroatoms. The van der Waals surface area contributed by atoms with E-state index < -0.39 is 4.92 Å². The van der Waals surface area contributed by atoms with E-state index in [0.29, 0.717) is 31.9 Å². The molecule has 2 aromatic heterocycles. The molecule has 1 N–H and O–H groups in total. The number of aromatic amines is 1. The van der Waals surface area contributed by atoms with E-state index in [1.807, 2.05) is 13.1 Å². The van der Waals surface area contributed by atoms with Crippen molar-refractivity contribution in [2.45, 2.75) is 20.3 Å². The third-order valence-corrected chi connectivity index (χ3v) is 5.38. The van der Waals surface area contributed by atoms with E-state index in [1.165, 1.54) is 6.07 Å².